The Labute approximate surface area is 130 Å². The van der Waals surface area contributed by atoms with Crippen LogP contribution in [0.3, 0.4) is 0 Å². The van der Waals surface area contributed by atoms with Crippen molar-refractivity contribution in [1.82, 2.24) is 25.7 Å². The Morgan fingerprint density at radius 3 is 2.95 bits per heavy atom. The molecule has 0 radical (unpaired) electrons. The Morgan fingerprint density at radius 2 is 2.23 bits per heavy atom. The largest absolute Gasteiger partial charge is 0.414 e. The van der Waals surface area contributed by atoms with E-state index in [0.717, 1.165) is 24.6 Å². The van der Waals surface area contributed by atoms with Gasteiger partial charge in [0.05, 0.1) is 5.75 Å². The molecule has 2 aliphatic rings. The van der Waals surface area contributed by atoms with Crippen LogP contribution in [-0.4, -0.2) is 51.3 Å². The van der Waals surface area contributed by atoms with Crippen LogP contribution in [0.5, 0.6) is 0 Å². The van der Waals surface area contributed by atoms with Crippen molar-refractivity contribution in [3.05, 3.63) is 5.89 Å². The highest BCUT2D eigenvalue weighted by molar-refractivity contribution is 7.99. The quantitative estimate of drug-likeness (QED) is 0.700. The van der Waals surface area contributed by atoms with E-state index in [1.807, 2.05) is 0 Å². The number of carbonyl (C=O) groups is 3. The molecule has 0 spiro atoms. The average molecular weight is 325 g/mol. The molecule has 10 heteroatoms. The van der Waals surface area contributed by atoms with E-state index < -0.39 is 6.03 Å². The van der Waals surface area contributed by atoms with Crippen LogP contribution in [0.2, 0.25) is 0 Å². The minimum atomic E-state index is -0.465. The van der Waals surface area contributed by atoms with Crippen LogP contribution in [0.15, 0.2) is 9.64 Å². The van der Waals surface area contributed by atoms with E-state index in [1.165, 1.54) is 4.90 Å². The maximum atomic E-state index is 11.6. The number of urea groups is 1. The van der Waals surface area contributed by atoms with E-state index in [1.54, 1.807) is 0 Å². The van der Waals surface area contributed by atoms with Gasteiger partial charge in [0.1, 0.15) is 6.54 Å². The molecule has 0 aromatic carbocycles. The lowest BCUT2D eigenvalue weighted by Gasteiger charge is -2.24. The fourth-order valence-corrected chi connectivity index (χ4v) is 2.49. The number of hydrogen-bond donors (Lipinski definition) is 2. The summed E-state index contributed by atoms with van der Waals surface area (Å²) >= 11 is 1.16. The van der Waals surface area contributed by atoms with Crippen LogP contribution in [-0.2, 0) is 16.1 Å². The van der Waals surface area contributed by atoms with Gasteiger partial charge in [-0.05, 0) is 12.8 Å². The van der Waals surface area contributed by atoms with Crippen LogP contribution in [0, 0.1) is 0 Å². The Hall–Kier alpha value is -2.10. The molecular weight excluding hydrogens is 310 g/mol. The predicted octanol–water partition coefficient (Wildman–Crippen LogP) is -0.118. The molecule has 2 fully saturated rings. The Bertz CT molecular complexity index is 600. The molecule has 9 nitrogen and oxygen atoms in total. The zero-order valence-electron chi connectivity index (χ0n) is 11.7. The Balaban J connectivity index is 1.47. The molecular formula is C12H15N5O4S. The lowest BCUT2D eigenvalue weighted by atomic mass is 10.3. The second kappa shape index (κ2) is 6.34. The van der Waals surface area contributed by atoms with Crippen LogP contribution in [0.1, 0.15) is 25.2 Å². The lowest BCUT2D eigenvalue weighted by Crippen LogP contribution is -2.48. The molecule has 2 heterocycles. The number of imide groups is 1. The SMILES string of the molecule is O=C1CCN(Cc2nnc(SCC(=O)NC3CC3)o2)C(=O)N1. The molecule has 1 aliphatic heterocycles. The van der Waals surface area contributed by atoms with Gasteiger partial charge in [-0.15, -0.1) is 10.2 Å². The van der Waals surface area contributed by atoms with E-state index in [4.69, 9.17) is 4.42 Å². The van der Waals surface area contributed by atoms with E-state index in [-0.39, 0.29) is 41.6 Å². The summed E-state index contributed by atoms with van der Waals surface area (Å²) in [5.41, 5.74) is 0. The standard InChI is InChI=1S/C12H15N5O4S/c18-8-3-4-17(11(20)14-8)5-10-15-16-12(21-10)22-6-9(19)13-7-1-2-7/h7H,1-6H2,(H,13,19)(H,14,18,20). The molecule has 0 atom stereocenters. The number of carbonyl (C=O) groups excluding carboxylic acids is 3. The molecule has 3 rings (SSSR count). The van der Waals surface area contributed by atoms with Gasteiger partial charge in [0.15, 0.2) is 0 Å². The van der Waals surface area contributed by atoms with Crippen LogP contribution in [0.4, 0.5) is 4.79 Å². The van der Waals surface area contributed by atoms with Gasteiger partial charge < -0.3 is 14.6 Å². The number of rotatable bonds is 6. The van der Waals surface area contributed by atoms with E-state index in [0.29, 0.717) is 12.6 Å². The second-order valence-electron chi connectivity index (χ2n) is 5.12. The third-order valence-corrected chi connectivity index (χ3v) is 4.00. The van der Waals surface area contributed by atoms with Gasteiger partial charge in [-0.25, -0.2) is 4.79 Å². The van der Waals surface area contributed by atoms with Crippen LogP contribution >= 0.6 is 11.8 Å². The maximum Gasteiger partial charge on any atom is 0.324 e. The van der Waals surface area contributed by atoms with Gasteiger partial charge in [0.25, 0.3) is 5.22 Å². The number of hydrogen-bond acceptors (Lipinski definition) is 7. The van der Waals surface area contributed by atoms with E-state index in [2.05, 4.69) is 20.8 Å². The first-order chi connectivity index (χ1) is 10.6. The minimum absolute atomic E-state index is 0.0545. The summed E-state index contributed by atoms with van der Waals surface area (Å²) in [6, 6.07) is -0.140. The average Bonchev–Trinajstić information content (AvgIpc) is 3.17. The van der Waals surface area contributed by atoms with Crippen molar-refractivity contribution in [3.8, 4) is 0 Å². The molecule has 1 saturated heterocycles. The van der Waals surface area contributed by atoms with Gasteiger partial charge >= 0.3 is 6.03 Å². The number of thioether (sulfide) groups is 1. The fourth-order valence-electron chi connectivity index (χ4n) is 1.90. The summed E-state index contributed by atoms with van der Waals surface area (Å²) < 4.78 is 5.39. The fraction of sp³-hybridized carbons (Fsp3) is 0.583. The van der Waals surface area contributed by atoms with Crippen molar-refractivity contribution >= 4 is 29.6 Å². The molecule has 1 aromatic heterocycles. The van der Waals surface area contributed by atoms with Crippen LogP contribution < -0.4 is 10.6 Å². The number of nitrogens with zero attached hydrogens (tertiary/aromatic N) is 3. The second-order valence-corrected chi connectivity index (χ2v) is 6.04. The zero-order valence-corrected chi connectivity index (χ0v) is 12.5. The first-order valence-electron chi connectivity index (χ1n) is 6.93. The monoisotopic (exact) mass is 325 g/mol. The first-order valence-corrected chi connectivity index (χ1v) is 7.92. The Morgan fingerprint density at radius 1 is 1.41 bits per heavy atom. The highest BCUT2D eigenvalue weighted by atomic mass is 32.2. The first kappa shape index (κ1) is 14.8. The summed E-state index contributed by atoms with van der Waals surface area (Å²) in [7, 11) is 0. The summed E-state index contributed by atoms with van der Waals surface area (Å²) in [5, 5.41) is 13.0. The van der Waals surface area contributed by atoms with Gasteiger partial charge in [0.2, 0.25) is 17.7 Å². The van der Waals surface area contributed by atoms with E-state index >= 15 is 0 Å². The van der Waals surface area contributed by atoms with Crippen molar-refractivity contribution < 1.29 is 18.8 Å². The third kappa shape index (κ3) is 3.97. The van der Waals surface area contributed by atoms with Gasteiger partial charge in [-0.2, -0.15) is 0 Å². The van der Waals surface area contributed by atoms with Crippen LogP contribution in [0.25, 0.3) is 0 Å². The topological polar surface area (TPSA) is 117 Å². The van der Waals surface area contributed by atoms with Gasteiger partial charge in [0, 0.05) is 19.0 Å². The third-order valence-electron chi connectivity index (χ3n) is 3.19. The smallest absolute Gasteiger partial charge is 0.324 e. The van der Waals surface area contributed by atoms with E-state index in [9.17, 15) is 14.4 Å². The molecule has 2 N–H and O–H groups in total. The highest BCUT2D eigenvalue weighted by Crippen LogP contribution is 2.20. The van der Waals surface area contributed by atoms with Crippen molar-refractivity contribution in [3.63, 3.8) is 0 Å². The molecule has 22 heavy (non-hydrogen) atoms. The summed E-state index contributed by atoms with van der Waals surface area (Å²) in [4.78, 5) is 35.6. The number of amides is 4. The lowest BCUT2D eigenvalue weighted by molar-refractivity contribution is -0.121. The molecule has 0 unspecified atom stereocenters. The maximum absolute atomic E-state index is 11.6. The summed E-state index contributed by atoms with van der Waals surface area (Å²) in [6.07, 6.45) is 2.34. The molecule has 0 bridgehead atoms. The highest BCUT2D eigenvalue weighted by Gasteiger charge is 2.25. The number of aromatic nitrogens is 2. The molecule has 1 saturated carbocycles. The molecule has 4 amide bonds. The van der Waals surface area contributed by atoms with Crippen molar-refractivity contribution in [2.75, 3.05) is 12.3 Å². The normalized spacial score (nSPS) is 18.3. The summed E-state index contributed by atoms with van der Waals surface area (Å²) in [6.45, 7) is 0.459. The van der Waals surface area contributed by atoms with Crippen molar-refractivity contribution in [1.29, 1.82) is 0 Å². The predicted molar refractivity (Wildman–Crippen MR) is 74.8 cm³/mol. The Kier molecular flexibility index (Phi) is 4.27. The van der Waals surface area contributed by atoms with Gasteiger partial charge in [-0.1, -0.05) is 11.8 Å². The van der Waals surface area contributed by atoms with Crippen molar-refractivity contribution in [2.24, 2.45) is 0 Å². The number of nitrogens with one attached hydrogen (secondary N) is 2. The molecule has 118 valence electrons. The molecule has 1 aliphatic carbocycles. The zero-order chi connectivity index (χ0) is 15.5. The summed E-state index contributed by atoms with van der Waals surface area (Å²) in [5.74, 6) is 0.150. The van der Waals surface area contributed by atoms with Gasteiger partial charge in [-0.3, -0.25) is 14.9 Å². The van der Waals surface area contributed by atoms with Crippen molar-refractivity contribution in [2.45, 2.75) is 37.1 Å². The minimum Gasteiger partial charge on any atom is -0.414 e. The molecule has 1 aromatic rings.